The number of carbonyl (C=O) groups is 1. The van der Waals surface area contributed by atoms with Crippen LogP contribution in [0.5, 0.6) is 0 Å². The fourth-order valence-corrected chi connectivity index (χ4v) is 2.55. The first kappa shape index (κ1) is 22.4. The Bertz CT molecular complexity index is 453. The summed E-state index contributed by atoms with van der Waals surface area (Å²) in [5.41, 5.74) is 0. The molecule has 1 aliphatic rings. The van der Waals surface area contributed by atoms with Crippen molar-refractivity contribution in [3.63, 3.8) is 0 Å². The lowest BCUT2D eigenvalue weighted by atomic mass is 9.99. The summed E-state index contributed by atoms with van der Waals surface area (Å²) >= 11 is 0. The highest BCUT2D eigenvalue weighted by Gasteiger charge is 2.44. The van der Waals surface area contributed by atoms with Gasteiger partial charge in [0, 0.05) is 13.0 Å². The Morgan fingerprint density at radius 2 is 1.76 bits per heavy atom. The van der Waals surface area contributed by atoms with Gasteiger partial charge in [-0.2, -0.15) is 0 Å². The van der Waals surface area contributed by atoms with Gasteiger partial charge < -0.3 is 39.3 Å². The van der Waals surface area contributed by atoms with E-state index >= 15 is 0 Å². The molecule has 1 saturated heterocycles. The van der Waals surface area contributed by atoms with E-state index in [2.05, 4.69) is 9.26 Å². The van der Waals surface area contributed by atoms with E-state index < -0.39 is 45.1 Å². The molecule has 1 fully saturated rings. The van der Waals surface area contributed by atoms with Crippen LogP contribution < -0.4 is 0 Å². The summed E-state index contributed by atoms with van der Waals surface area (Å²) in [7, 11) is -3.47. The minimum absolute atomic E-state index is 0.151. The molecule has 5 N–H and O–H groups in total. The number of hydrogen-bond donors (Lipinski definition) is 5. The van der Waals surface area contributed by atoms with E-state index in [0.29, 0.717) is 19.3 Å². The van der Waals surface area contributed by atoms with Gasteiger partial charge in [-0.1, -0.05) is 6.42 Å². The minimum Gasteiger partial charge on any atom is -0.469 e. The van der Waals surface area contributed by atoms with Gasteiger partial charge in [-0.05, 0) is 12.8 Å². The van der Waals surface area contributed by atoms with Crippen LogP contribution >= 0.6 is 7.82 Å². The molecule has 0 aromatic carbocycles. The molecule has 0 aliphatic carbocycles. The van der Waals surface area contributed by atoms with Gasteiger partial charge >= 0.3 is 13.8 Å². The summed E-state index contributed by atoms with van der Waals surface area (Å²) in [6.07, 6.45) is -5.23. The van der Waals surface area contributed by atoms with E-state index in [4.69, 9.17) is 19.3 Å². The number of phosphoric ester groups is 1. The largest absolute Gasteiger partial charge is 0.469 e. The molecule has 0 spiro atoms. The molecular weight excluding hydrogens is 363 g/mol. The third-order valence-electron chi connectivity index (χ3n) is 3.61. The lowest BCUT2D eigenvalue weighted by molar-refractivity contribution is -0.300. The smallest absolute Gasteiger partial charge is 0.469 e. The van der Waals surface area contributed by atoms with Gasteiger partial charge in [-0.25, -0.2) is 4.57 Å². The number of hydrogen-bond acceptors (Lipinski definition) is 9. The quantitative estimate of drug-likeness (QED) is 0.170. The van der Waals surface area contributed by atoms with Crippen molar-refractivity contribution in [2.24, 2.45) is 0 Å². The lowest BCUT2D eigenvalue weighted by Gasteiger charge is -2.40. The Balaban J connectivity index is 2.38. The summed E-state index contributed by atoms with van der Waals surface area (Å²) in [4.78, 5) is 28.3. The first-order valence-electron chi connectivity index (χ1n) is 7.74. The number of esters is 1. The Morgan fingerprint density at radius 1 is 1.08 bits per heavy atom. The molecule has 25 heavy (non-hydrogen) atoms. The maximum absolute atomic E-state index is 10.9. The molecule has 0 radical (unpaired) electrons. The van der Waals surface area contributed by atoms with Crippen molar-refractivity contribution in [1.29, 1.82) is 0 Å². The van der Waals surface area contributed by atoms with Crippen LogP contribution in [0.25, 0.3) is 0 Å². The van der Waals surface area contributed by atoms with Crippen molar-refractivity contribution in [3.8, 4) is 0 Å². The molecule has 0 aromatic heterocycles. The highest BCUT2D eigenvalue weighted by molar-refractivity contribution is 7.46. The molecule has 1 heterocycles. The maximum atomic E-state index is 10.9. The van der Waals surface area contributed by atoms with Crippen molar-refractivity contribution < 1.29 is 53.2 Å². The lowest BCUT2D eigenvalue weighted by Crippen LogP contribution is -2.59. The average molecular weight is 388 g/mol. The van der Waals surface area contributed by atoms with Crippen molar-refractivity contribution >= 4 is 13.8 Å². The molecular formula is C13H25O11P. The van der Waals surface area contributed by atoms with Gasteiger partial charge in [0.05, 0.1) is 13.7 Å². The van der Waals surface area contributed by atoms with E-state index in [1.807, 2.05) is 0 Å². The fourth-order valence-electron chi connectivity index (χ4n) is 2.21. The first-order valence-corrected chi connectivity index (χ1v) is 9.27. The van der Waals surface area contributed by atoms with Crippen LogP contribution in [0.4, 0.5) is 0 Å². The standard InChI is InChI=1S/C13H25O11P/c1-21-9(14)5-3-2-4-6-22-13-12(17)11(16)10(15)8(24-13)7-23-25(18,19)20/h8,10-13,15-17H,2-7H2,1H3,(H2,18,19,20)/t8-,10-,11+,12+,13+/m1/s1. The summed E-state index contributed by atoms with van der Waals surface area (Å²) in [5.74, 6) is -0.308. The van der Waals surface area contributed by atoms with Crippen LogP contribution in [-0.4, -0.2) is 82.1 Å². The molecule has 0 amide bonds. The average Bonchev–Trinajstić information content (AvgIpc) is 2.55. The van der Waals surface area contributed by atoms with E-state index in [1.54, 1.807) is 0 Å². The Morgan fingerprint density at radius 3 is 2.36 bits per heavy atom. The third-order valence-corrected chi connectivity index (χ3v) is 4.10. The zero-order valence-corrected chi connectivity index (χ0v) is 14.7. The van der Waals surface area contributed by atoms with Crippen LogP contribution in [0.15, 0.2) is 0 Å². The van der Waals surface area contributed by atoms with Crippen LogP contribution in [0.3, 0.4) is 0 Å². The highest BCUT2D eigenvalue weighted by atomic mass is 31.2. The van der Waals surface area contributed by atoms with Crippen LogP contribution in [0, 0.1) is 0 Å². The molecule has 0 aromatic rings. The summed E-state index contributed by atoms with van der Waals surface area (Å²) < 4.78 is 30.0. The molecule has 1 aliphatic heterocycles. The molecule has 1 rings (SSSR count). The molecule has 0 bridgehead atoms. The molecule has 0 unspecified atom stereocenters. The normalized spacial score (nSPS) is 30.2. The van der Waals surface area contributed by atoms with Crippen LogP contribution in [-0.2, 0) is 28.1 Å². The predicted octanol–water partition coefficient (Wildman–Crippen LogP) is -1.35. The number of rotatable bonds is 10. The predicted molar refractivity (Wildman–Crippen MR) is 81.1 cm³/mol. The van der Waals surface area contributed by atoms with Gasteiger partial charge in [0.25, 0.3) is 0 Å². The monoisotopic (exact) mass is 388 g/mol. The second-order valence-electron chi connectivity index (χ2n) is 5.56. The topological polar surface area (TPSA) is 172 Å². The van der Waals surface area contributed by atoms with Gasteiger partial charge in [0.2, 0.25) is 0 Å². The van der Waals surface area contributed by atoms with E-state index in [9.17, 15) is 24.7 Å². The molecule has 5 atom stereocenters. The zero-order valence-electron chi connectivity index (χ0n) is 13.8. The summed E-state index contributed by atoms with van der Waals surface area (Å²) in [6, 6.07) is 0. The Kier molecular flexibility index (Phi) is 9.43. The van der Waals surface area contributed by atoms with Crippen molar-refractivity contribution in [2.75, 3.05) is 20.3 Å². The van der Waals surface area contributed by atoms with Crippen molar-refractivity contribution in [1.82, 2.24) is 0 Å². The van der Waals surface area contributed by atoms with Crippen LogP contribution in [0.2, 0.25) is 0 Å². The second kappa shape index (κ2) is 10.5. The van der Waals surface area contributed by atoms with Gasteiger partial charge in [-0.15, -0.1) is 0 Å². The molecule has 0 saturated carbocycles. The number of methoxy groups -OCH3 is 1. The van der Waals surface area contributed by atoms with Gasteiger partial charge in [0.1, 0.15) is 24.4 Å². The van der Waals surface area contributed by atoms with Crippen LogP contribution in [0.1, 0.15) is 25.7 Å². The number of ether oxygens (including phenoxy) is 3. The van der Waals surface area contributed by atoms with Gasteiger partial charge in [-0.3, -0.25) is 9.32 Å². The van der Waals surface area contributed by atoms with Gasteiger partial charge in [0.15, 0.2) is 6.29 Å². The SMILES string of the molecule is COC(=O)CCCCCO[C@H]1O[C@H](COP(=O)(O)O)[C@@H](O)[C@H](O)[C@@H]1O. The highest BCUT2D eigenvalue weighted by Crippen LogP contribution is 2.37. The number of aliphatic hydroxyl groups excluding tert-OH is 3. The van der Waals surface area contributed by atoms with E-state index in [1.165, 1.54) is 7.11 Å². The Labute approximate surface area is 144 Å². The number of phosphoric acid groups is 1. The molecule has 148 valence electrons. The van der Waals surface area contributed by atoms with E-state index in [0.717, 1.165) is 0 Å². The fraction of sp³-hybridized carbons (Fsp3) is 0.923. The first-order chi connectivity index (χ1) is 11.7. The second-order valence-corrected chi connectivity index (χ2v) is 6.80. The van der Waals surface area contributed by atoms with E-state index in [-0.39, 0.29) is 19.0 Å². The van der Waals surface area contributed by atoms with Crippen molar-refractivity contribution in [2.45, 2.75) is 56.4 Å². The Hall–Kier alpha value is -0.620. The maximum Gasteiger partial charge on any atom is 0.469 e. The minimum atomic E-state index is -4.77. The summed E-state index contributed by atoms with van der Waals surface area (Å²) in [6.45, 7) is -0.536. The summed E-state index contributed by atoms with van der Waals surface area (Å²) in [5, 5.41) is 29.4. The number of carbonyl (C=O) groups excluding carboxylic acids is 1. The number of unbranched alkanes of at least 4 members (excludes halogenated alkanes) is 2. The number of aliphatic hydroxyl groups is 3. The van der Waals surface area contributed by atoms with Crippen molar-refractivity contribution in [3.05, 3.63) is 0 Å². The zero-order chi connectivity index (χ0) is 19.0. The molecule has 12 heteroatoms. The molecule has 11 nitrogen and oxygen atoms in total. The third kappa shape index (κ3) is 8.07.